The van der Waals surface area contributed by atoms with Crippen LogP contribution in [0.15, 0.2) is 88.2 Å². The Morgan fingerprint density at radius 1 is 0.885 bits per heavy atom. The van der Waals surface area contributed by atoms with E-state index in [0.717, 1.165) is 3.57 Å². The molecule has 7 heteroatoms. The molecule has 1 N–H and O–H groups in total. The van der Waals surface area contributed by atoms with Gasteiger partial charge in [-0.05, 0) is 71.1 Å². The van der Waals surface area contributed by atoms with Crippen LogP contribution in [-0.2, 0) is 10.0 Å². The minimum absolute atomic E-state index is 0.0872. The van der Waals surface area contributed by atoms with Crippen LogP contribution in [-0.4, -0.2) is 14.3 Å². The van der Waals surface area contributed by atoms with E-state index in [0.29, 0.717) is 11.3 Å². The zero-order valence-corrected chi connectivity index (χ0v) is 16.4. The number of hydrogen-bond acceptors (Lipinski definition) is 2. The molecule has 3 rings (SSSR count). The molecule has 4 nitrogen and oxygen atoms in total. The smallest absolute Gasteiger partial charge is 0.284 e. The maximum Gasteiger partial charge on any atom is 0.284 e. The number of nitrogens with zero attached hydrogens (tertiary/aromatic N) is 1. The maximum atomic E-state index is 13.3. The Morgan fingerprint density at radius 2 is 1.50 bits per heavy atom. The fourth-order valence-electron chi connectivity index (χ4n) is 2.21. The molecule has 0 atom stereocenters. The van der Waals surface area contributed by atoms with E-state index < -0.39 is 15.8 Å². The summed E-state index contributed by atoms with van der Waals surface area (Å²) in [5, 5.41) is 3.05. The van der Waals surface area contributed by atoms with Crippen LogP contribution >= 0.6 is 22.6 Å². The van der Waals surface area contributed by atoms with Crippen LogP contribution < -0.4 is 5.32 Å². The van der Waals surface area contributed by atoms with Gasteiger partial charge in [0, 0.05) is 9.13 Å². The highest BCUT2D eigenvalue weighted by Gasteiger charge is 2.16. The Kier molecular flexibility index (Phi) is 5.67. The minimum atomic E-state index is -3.92. The Morgan fingerprint density at radius 3 is 2.15 bits per heavy atom. The third kappa shape index (κ3) is 4.47. The van der Waals surface area contributed by atoms with Gasteiger partial charge < -0.3 is 5.32 Å². The number of anilines is 1. The SMILES string of the molecule is O=S(=O)(N=C(Nc1ccccc1I)c1ccc(F)cc1)c1ccccc1. The monoisotopic (exact) mass is 480 g/mol. The summed E-state index contributed by atoms with van der Waals surface area (Å²) in [7, 11) is -3.92. The van der Waals surface area contributed by atoms with Crippen LogP contribution in [0, 0.1) is 9.39 Å². The number of rotatable bonds is 4. The topological polar surface area (TPSA) is 58.5 Å². The van der Waals surface area contributed by atoms with Crippen LogP contribution in [0.4, 0.5) is 10.1 Å². The summed E-state index contributed by atoms with van der Waals surface area (Å²) >= 11 is 2.14. The molecule has 0 unspecified atom stereocenters. The molecule has 0 aliphatic rings. The molecule has 0 aliphatic heterocycles. The predicted octanol–water partition coefficient (Wildman–Crippen LogP) is 4.68. The molecule has 0 aliphatic carbocycles. The second-order valence-electron chi connectivity index (χ2n) is 5.34. The van der Waals surface area contributed by atoms with Crippen molar-refractivity contribution in [3.05, 3.63) is 93.8 Å². The van der Waals surface area contributed by atoms with Crippen LogP contribution in [0.25, 0.3) is 0 Å². The largest absolute Gasteiger partial charge is 0.338 e. The summed E-state index contributed by atoms with van der Waals surface area (Å²) in [4.78, 5) is 0.0872. The molecule has 0 heterocycles. The van der Waals surface area contributed by atoms with E-state index >= 15 is 0 Å². The normalized spacial score (nSPS) is 12.0. The van der Waals surface area contributed by atoms with E-state index in [1.54, 1.807) is 18.2 Å². The number of benzene rings is 3. The molecule has 0 bridgehead atoms. The molecule has 0 saturated carbocycles. The first-order valence-electron chi connectivity index (χ1n) is 7.63. The van der Waals surface area contributed by atoms with Crippen LogP contribution in [0.1, 0.15) is 5.56 Å². The third-order valence-electron chi connectivity index (χ3n) is 3.50. The molecule has 0 amide bonds. The number of para-hydroxylation sites is 1. The Bertz CT molecular complexity index is 1040. The maximum absolute atomic E-state index is 13.3. The lowest BCUT2D eigenvalue weighted by atomic mass is 10.2. The van der Waals surface area contributed by atoms with E-state index in [9.17, 15) is 12.8 Å². The van der Waals surface area contributed by atoms with Gasteiger partial charge in [-0.3, -0.25) is 0 Å². The average Bonchev–Trinajstić information content (AvgIpc) is 2.64. The van der Waals surface area contributed by atoms with E-state index in [1.807, 2.05) is 24.3 Å². The Labute approximate surface area is 165 Å². The van der Waals surface area contributed by atoms with Crippen molar-refractivity contribution in [2.45, 2.75) is 4.90 Å². The number of hydrogen-bond donors (Lipinski definition) is 1. The number of nitrogens with one attached hydrogen (secondary N) is 1. The molecule has 3 aromatic rings. The van der Waals surface area contributed by atoms with Crippen molar-refractivity contribution in [3.8, 4) is 0 Å². The van der Waals surface area contributed by atoms with Gasteiger partial charge in [0.2, 0.25) is 0 Å². The van der Waals surface area contributed by atoms with Crippen LogP contribution in [0.2, 0.25) is 0 Å². The first-order valence-corrected chi connectivity index (χ1v) is 10.1. The molecule has 0 fully saturated rings. The summed E-state index contributed by atoms with van der Waals surface area (Å²) in [6.07, 6.45) is 0. The minimum Gasteiger partial charge on any atom is -0.338 e. The first-order chi connectivity index (χ1) is 12.5. The van der Waals surface area contributed by atoms with Crippen molar-refractivity contribution in [1.29, 1.82) is 0 Å². The van der Waals surface area contributed by atoms with Gasteiger partial charge in [-0.1, -0.05) is 30.3 Å². The van der Waals surface area contributed by atoms with Gasteiger partial charge in [0.1, 0.15) is 5.82 Å². The van der Waals surface area contributed by atoms with E-state index in [1.165, 1.54) is 36.4 Å². The lowest BCUT2D eigenvalue weighted by Gasteiger charge is -2.12. The highest BCUT2D eigenvalue weighted by Crippen LogP contribution is 2.20. The van der Waals surface area contributed by atoms with E-state index in [4.69, 9.17) is 0 Å². The molecule has 0 radical (unpaired) electrons. The molecular formula is C19H14FIN2O2S. The van der Waals surface area contributed by atoms with Crippen molar-refractivity contribution in [1.82, 2.24) is 0 Å². The van der Waals surface area contributed by atoms with Gasteiger partial charge >= 0.3 is 0 Å². The number of amidine groups is 1. The van der Waals surface area contributed by atoms with Gasteiger partial charge in [0.25, 0.3) is 10.0 Å². The highest BCUT2D eigenvalue weighted by molar-refractivity contribution is 14.1. The number of sulfonamides is 1. The van der Waals surface area contributed by atoms with Gasteiger partial charge in [-0.25, -0.2) is 4.39 Å². The van der Waals surface area contributed by atoms with E-state index in [-0.39, 0.29) is 10.7 Å². The molecule has 0 spiro atoms. The third-order valence-corrected chi connectivity index (χ3v) is 5.73. The average molecular weight is 480 g/mol. The number of halogens is 2. The molecule has 0 aromatic heterocycles. The van der Waals surface area contributed by atoms with Gasteiger partial charge in [0.05, 0.1) is 10.6 Å². The standard InChI is InChI=1S/C19H14FIN2O2S/c20-15-12-10-14(11-13-15)19(22-18-9-5-4-8-17(18)21)23-26(24,25)16-6-2-1-3-7-16/h1-13H,(H,22,23). The fourth-order valence-corrected chi connectivity index (χ4v) is 3.73. The Hall–Kier alpha value is -2.26. The summed E-state index contributed by atoms with van der Waals surface area (Å²) in [5.41, 5.74) is 1.17. The highest BCUT2D eigenvalue weighted by atomic mass is 127. The van der Waals surface area contributed by atoms with Gasteiger partial charge in [0.15, 0.2) is 5.84 Å². The van der Waals surface area contributed by atoms with E-state index in [2.05, 4.69) is 32.3 Å². The molecule has 0 saturated heterocycles. The second kappa shape index (κ2) is 7.96. The molecule has 3 aromatic carbocycles. The van der Waals surface area contributed by atoms with Crippen molar-refractivity contribution < 1.29 is 12.8 Å². The summed E-state index contributed by atoms with van der Waals surface area (Å²) in [6, 6.07) is 20.9. The zero-order valence-electron chi connectivity index (χ0n) is 13.4. The Balaban J connectivity index is 2.08. The molecule has 26 heavy (non-hydrogen) atoms. The van der Waals surface area contributed by atoms with Crippen molar-refractivity contribution in [2.24, 2.45) is 4.40 Å². The van der Waals surface area contributed by atoms with Crippen molar-refractivity contribution >= 4 is 44.1 Å². The summed E-state index contributed by atoms with van der Waals surface area (Å²) in [5.74, 6) is -0.286. The van der Waals surface area contributed by atoms with Crippen LogP contribution in [0.5, 0.6) is 0 Å². The van der Waals surface area contributed by atoms with Crippen molar-refractivity contribution in [2.75, 3.05) is 5.32 Å². The van der Waals surface area contributed by atoms with Gasteiger partial charge in [-0.2, -0.15) is 8.42 Å². The molecular weight excluding hydrogens is 466 g/mol. The lowest BCUT2D eigenvalue weighted by molar-refractivity contribution is 0.598. The lowest BCUT2D eigenvalue weighted by Crippen LogP contribution is -2.17. The summed E-state index contributed by atoms with van der Waals surface area (Å²) < 4.78 is 43.4. The quantitative estimate of drug-likeness (QED) is 0.335. The van der Waals surface area contributed by atoms with Crippen molar-refractivity contribution in [3.63, 3.8) is 0 Å². The first kappa shape index (κ1) is 18.5. The fraction of sp³-hybridized carbons (Fsp3) is 0. The van der Waals surface area contributed by atoms with Gasteiger partial charge in [-0.15, -0.1) is 4.40 Å². The second-order valence-corrected chi connectivity index (χ2v) is 8.11. The molecule has 132 valence electrons. The predicted molar refractivity (Wildman–Crippen MR) is 109 cm³/mol. The zero-order chi connectivity index (χ0) is 18.6. The van der Waals surface area contributed by atoms with Crippen LogP contribution in [0.3, 0.4) is 0 Å². The summed E-state index contributed by atoms with van der Waals surface area (Å²) in [6.45, 7) is 0.